The number of rotatable bonds is 2. The summed E-state index contributed by atoms with van der Waals surface area (Å²) in [5.74, 6) is 2.19. The van der Waals surface area contributed by atoms with Crippen molar-refractivity contribution in [3.8, 4) is 11.5 Å². The van der Waals surface area contributed by atoms with Crippen molar-refractivity contribution in [1.29, 1.82) is 0 Å². The quantitative estimate of drug-likeness (QED) is 0.662. The molecule has 18 heavy (non-hydrogen) atoms. The average molecular weight is 262 g/mol. The molecular weight excluding hydrogens is 252 g/mol. The van der Waals surface area contributed by atoms with E-state index < -0.39 is 0 Å². The fourth-order valence-corrected chi connectivity index (χ4v) is 1.85. The van der Waals surface area contributed by atoms with Gasteiger partial charge in [-0.25, -0.2) is 0 Å². The monoisotopic (exact) mass is 262 g/mol. The molecule has 0 radical (unpaired) electrons. The van der Waals surface area contributed by atoms with E-state index >= 15 is 0 Å². The summed E-state index contributed by atoms with van der Waals surface area (Å²) in [6.45, 7) is 2.09. The molecule has 0 spiro atoms. The number of nitrogens with one attached hydrogen (secondary N) is 1. The Morgan fingerprint density at radius 3 is 3.06 bits per heavy atom. The lowest BCUT2D eigenvalue weighted by molar-refractivity contribution is 0.174. The second-order valence-corrected chi connectivity index (χ2v) is 4.13. The maximum absolute atomic E-state index is 5.29. The van der Waals surface area contributed by atoms with Crippen LogP contribution in [0.5, 0.6) is 11.5 Å². The van der Waals surface area contributed by atoms with E-state index in [9.17, 15) is 0 Å². The maximum atomic E-state index is 5.29. The smallest absolute Gasteiger partial charge is 0.231 e. The first-order chi connectivity index (χ1) is 8.74. The Bertz CT molecular complexity index is 674. The molecule has 0 bridgehead atoms. The van der Waals surface area contributed by atoms with Crippen LogP contribution >= 0.6 is 12.2 Å². The van der Waals surface area contributed by atoms with Crippen LogP contribution in [-0.2, 0) is 0 Å². The minimum Gasteiger partial charge on any atom is -0.454 e. The van der Waals surface area contributed by atoms with Gasteiger partial charge >= 0.3 is 0 Å². The van der Waals surface area contributed by atoms with E-state index in [1.165, 1.54) is 0 Å². The van der Waals surface area contributed by atoms with Gasteiger partial charge in [-0.05, 0) is 42.9 Å². The highest BCUT2D eigenvalue weighted by Crippen LogP contribution is 2.31. The molecule has 0 atom stereocenters. The Hall–Kier alpha value is -2.15. The summed E-state index contributed by atoms with van der Waals surface area (Å²) in [5.41, 5.74) is 0.904. The van der Waals surface area contributed by atoms with Crippen LogP contribution in [-0.4, -0.2) is 27.9 Å². The summed E-state index contributed by atoms with van der Waals surface area (Å²) in [6, 6.07) is 5.62. The molecule has 0 saturated carbocycles. The Labute approximate surface area is 108 Å². The van der Waals surface area contributed by atoms with E-state index in [1.54, 1.807) is 10.9 Å². The number of aryl methyl sites for hydroxylation is 1. The van der Waals surface area contributed by atoms with Crippen LogP contribution in [0.1, 0.15) is 11.4 Å². The topological polar surface area (TPSA) is 64.4 Å². The highest BCUT2D eigenvalue weighted by Gasteiger charge is 2.12. The van der Waals surface area contributed by atoms with Crippen LogP contribution < -0.4 is 9.47 Å². The van der Waals surface area contributed by atoms with Gasteiger partial charge in [-0.3, -0.25) is 5.10 Å². The van der Waals surface area contributed by atoms with Gasteiger partial charge in [-0.1, -0.05) is 0 Å². The molecule has 6 nitrogen and oxygen atoms in total. The minimum absolute atomic E-state index is 0.266. The van der Waals surface area contributed by atoms with Crippen molar-refractivity contribution in [2.75, 3.05) is 6.79 Å². The van der Waals surface area contributed by atoms with Gasteiger partial charge in [0.15, 0.2) is 11.5 Å². The van der Waals surface area contributed by atoms with Gasteiger partial charge in [-0.15, -0.1) is 0 Å². The van der Waals surface area contributed by atoms with Crippen LogP contribution in [0.4, 0.5) is 0 Å². The van der Waals surface area contributed by atoms with Gasteiger partial charge in [0.2, 0.25) is 11.6 Å². The van der Waals surface area contributed by atoms with E-state index in [0.29, 0.717) is 10.6 Å². The van der Waals surface area contributed by atoms with Gasteiger partial charge in [-0.2, -0.15) is 14.9 Å². The minimum atomic E-state index is 0.266. The summed E-state index contributed by atoms with van der Waals surface area (Å²) in [6.07, 6.45) is 1.69. The number of ether oxygens (including phenoxy) is 2. The Morgan fingerprint density at radius 2 is 2.28 bits per heavy atom. The molecule has 1 aromatic carbocycles. The molecule has 0 aliphatic carbocycles. The highest BCUT2D eigenvalue weighted by molar-refractivity contribution is 7.71. The maximum Gasteiger partial charge on any atom is 0.231 e. The number of H-pyrrole nitrogens is 1. The normalized spacial score (nSPS) is 13.4. The summed E-state index contributed by atoms with van der Waals surface area (Å²) in [5, 5.41) is 10.9. The third-order valence-electron chi connectivity index (χ3n) is 2.53. The molecule has 0 fully saturated rings. The summed E-state index contributed by atoms with van der Waals surface area (Å²) in [4.78, 5) is 0. The number of benzene rings is 1. The van der Waals surface area contributed by atoms with Crippen molar-refractivity contribution in [2.45, 2.75) is 6.92 Å². The van der Waals surface area contributed by atoms with Gasteiger partial charge in [0.05, 0.1) is 6.21 Å². The van der Waals surface area contributed by atoms with Crippen molar-refractivity contribution >= 4 is 18.4 Å². The van der Waals surface area contributed by atoms with Crippen molar-refractivity contribution in [3.05, 3.63) is 34.4 Å². The van der Waals surface area contributed by atoms with E-state index in [2.05, 4.69) is 15.3 Å². The molecule has 1 aliphatic heterocycles. The first-order valence-electron chi connectivity index (χ1n) is 5.32. The largest absolute Gasteiger partial charge is 0.454 e. The average Bonchev–Trinajstić information content (AvgIpc) is 2.94. The Morgan fingerprint density at radius 1 is 1.44 bits per heavy atom. The van der Waals surface area contributed by atoms with Crippen molar-refractivity contribution in [3.63, 3.8) is 0 Å². The second kappa shape index (κ2) is 4.26. The lowest BCUT2D eigenvalue weighted by atomic mass is 10.2. The Kier molecular flexibility index (Phi) is 2.60. The highest BCUT2D eigenvalue weighted by atomic mass is 32.1. The summed E-state index contributed by atoms with van der Waals surface area (Å²) < 4.78 is 12.6. The van der Waals surface area contributed by atoms with Crippen LogP contribution in [0.2, 0.25) is 0 Å². The predicted octanol–water partition coefficient (Wildman–Crippen LogP) is 1.86. The molecule has 0 amide bonds. The van der Waals surface area contributed by atoms with Crippen LogP contribution in [0.15, 0.2) is 23.3 Å². The number of nitrogens with zero attached hydrogens (tertiary/aromatic N) is 3. The lowest BCUT2D eigenvalue weighted by Crippen LogP contribution is -1.94. The van der Waals surface area contributed by atoms with E-state index in [0.717, 1.165) is 17.1 Å². The van der Waals surface area contributed by atoms with E-state index in [1.807, 2.05) is 25.1 Å². The van der Waals surface area contributed by atoms with Crippen molar-refractivity contribution in [2.24, 2.45) is 5.10 Å². The van der Waals surface area contributed by atoms with Crippen LogP contribution in [0.25, 0.3) is 0 Å². The summed E-state index contributed by atoms with van der Waals surface area (Å²) >= 11 is 5.05. The van der Waals surface area contributed by atoms with E-state index in [4.69, 9.17) is 21.7 Å². The molecule has 3 rings (SSSR count). The zero-order valence-electron chi connectivity index (χ0n) is 9.58. The molecule has 2 heterocycles. The van der Waals surface area contributed by atoms with Crippen molar-refractivity contribution in [1.82, 2.24) is 14.9 Å². The zero-order chi connectivity index (χ0) is 12.5. The molecule has 1 aromatic heterocycles. The van der Waals surface area contributed by atoms with Gasteiger partial charge in [0.25, 0.3) is 0 Å². The Balaban J connectivity index is 1.91. The predicted molar refractivity (Wildman–Crippen MR) is 67.7 cm³/mol. The first-order valence-corrected chi connectivity index (χ1v) is 5.73. The summed E-state index contributed by atoms with van der Waals surface area (Å²) in [7, 11) is 0. The standard InChI is InChI=1S/C11H10N4O2S/c1-7-13-14-11(18)15(7)12-5-8-2-3-9-10(4-8)17-6-16-9/h2-5H,6H2,1H3,(H,14,18). The van der Waals surface area contributed by atoms with Gasteiger partial charge < -0.3 is 9.47 Å². The molecular formula is C11H10N4O2S. The van der Waals surface area contributed by atoms with Gasteiger partial charge in [0, 0.05) is 0 Å². The number of aromatic nitrogens is 3. The van der Waals surface area contributed by atoms with Crippen molar-refractivity contribution < 1.29 is 9.47 Å². The lowest BCUT2D eigenvalue weighted by Gasteiger charge is -1.98. The SMILES string of the molecule is Cc1n[nH]c(=S)n1N=Cc1ccc2c(c1)OCO2. The molecule has 1 N–H and O–H groups in total. The zero-order valence-corrected chi connectivity index (χ0v) is 10.4. The molecule has 0 saturated heterocycles. The third kappa shape index (κ3) is 1.88. The first kappa shape index (κ1) is 11.0. The fraction of sp³-hybridized carbons (Fsp3) is 0.182. The molecule has 1 aliphatic rings. The molecule has 2 aromatic rings. The number of aromatic amines is 1. The molecule has 0 unspecified atom stereocenters. The number of hydrogen-bond acceptors (Lipinski definition) is 5. The fourth-order valence-electron chi connectivity index (χ4n) is 1.62. The van der Waals surface area contributed by atoms with Gasteiger partial charge in [0.1, 0.15) is 5.82 Å². The van der Waals surface area contributed by atoms with Crippen LogP contribution in [0.3, 0.4) is 0 Å². The molecule has 92 valence electrons. The van der Waals surface area contributed by atoms with Crippen LogP contribution in [0, 0.1) is 11.7 Å². The second-order valence-electron chi connectivity index (χ2n) is 3.75. The number of hydrogen-bond donors (Lipinski definition) is 1. The number of fused-ring (bicyclic) bond motifs is 1. The third-order valence-corrected chi connectivity index (χ3v) is 2.80. The van der Waals surface area contributed by atoms with E-state index in [-0.39, 0.29) is 6.79 Å². The molecule has 7 heteroatoms.